The summed E-state index contributed by atoms with van der Waals surface area (Å²) in [6, 6.07) is 3.32. The first kappa shape index (κ1) is 18.8. The number of hydrogen-bond acceptors (Lipinski definition) is 7. The zero-order valence-corrected chi connectivity index (χ0v) is 15.8. The average Bonchev–Trinajstić information content (AvgIpc) is 3.08. The number of carbonyl (C=O) groups is 1. The molecule has 0 radical (unpaired) electrons. The van der Waals surface area contributed by atoms with Crippen LogP contribution in [0.25, 0.3) is 0 Å². The van der Waals surface area contributed by atoms with Crippen molar-refractivity contribution in [2.24, 2.45) is 0 Å². The van der Waals surface area contributed by atoms with Gasteiger partial charge in [0.25, 0.3) is 0 Å². The molecule has 0 saturated carbocycles. The Morgan fingerprint density at radius 2 is 2.15 bits per heavy atom. The van der Waals surface area contributed by atoms with Crippen LogP contribution < -0.4 is 14.8 Å². The lowest BCUT2D eigenvalue weighted by atomic mass is 10.2. The Hall–Kier alpha value is -1.97. The Labute approximate surface area is 160 Å². The van der Waals surface area contributed by atoms with Gasteiger partial charge in [-0.05, 0) is 6.42 Å². The maximum Gasteiger partial charge on any atom is 0.234 e. The molecular formula is C16H19ClN4O4S. The second kappa shape index (κ2) is 9.11. The van der Waals surface area contributed by atoms with Crippen molar-refractivity contribution in [3.05, 3.63) is 23.5 Å². The predicted octanol–water partition coefficient (Wildman–Crippen LogP) is 2.47. The average molecular weight is 399 g/mol. The van der Waals surface area contributed by atoms with Gasteiger partial charge in [-0.2, -0.15) is 0 Å². The van der Waals surface area contributed by atoms with E-state index in [-0.39, 0.29) is 11.7 Å². The lowest BCUT2D eigenvalue weighted by molar-refractivity contribution is -0.113. The highest BCUT2D eigenvalue weighted by Gasteiger charge is 2.17. The monoisotopic (exact) mass is 398 g/mol. The number of thioether (sulfide) groups is 1. The normalized spacial score (nSPS) is 12.8. The second-order valence-corrected chi connectivity index (χ2v) is 6.82. The molecule has 0 spiro atoms. The van der Waals surface area contributed by atoms with Gasteiger partial charge in [-0.25, -0.2) is 0 Å². The Kier molecular flexibility index (Phi) is 6.59. The molecule has 1 N–H and O–H groups in total. The van der Waals surface area contributed by atoms with Crippen LogP contribution in [-0.4, -0.2) is 53.4 Å². The number of halogens is 1. The van der Waals surface area contributed by atoms with Crippen molar-refractivity contribution in [2.45, 2.75) is 18.1 Å². The number of ether oxygens (including phenoxy) is 3. The number of nitrogens with zero attached hydrogens (tertiary/aromatic N) is 3. The first-order valence-corrected chi connectivity index (χ1v) is 9.42. The molecule has 10 heteroatoms. The fraction of sp³-hybridized carbons (Fsp3) is 0.438. The molecule has 1 aliphatic heterocycles. The van der Waals surface area contributed by atoms with Gasteiger partial charge in [-0.1, -0.05) is 23.4 Å². The highest BCUT2D eigenvalue weighted by Crippen LogP contribution is 2.38. The standard InChI is InChI=1S/C16H19ClN4O4S/c1-23-4-2-3-21-10-18-20-16(21)26-9-15(22)19-12-8-14-13(7-11(12)17)24-5-6-25-14/h7-8,10H,2-6,9H2,1H3,(H,19,22). The second-order valence-electron chi connectivity index (χ2n) is 5.47. The smallest absolute Gasteiger partial charge is 0.234 e. The number of aromatic nitrogens is 3. The third-order valence-electron chi connectivity index (χ3n) is 3.57. The molecule has 0 fully saturated rings. The minimum atomic E-state index is -0.194. The highest BCUT2D eigenvalue weighted by molar-refractivity contribution is 7.99. The van der Waals surface area contributed by atoms with Crippen molar-refractivity contribution < 1.29 is 19.0 Å². The maximum absolute atomic E-state index is 12.3. The summed E-state index contributed by atoms with van der Waals surface area (Å²) in [7, 11) is 1.66. The molecule has 0 atom stereocenters. The lowest BCUT2D eigenvalue weighted by Gasteiger charge is -2.20. The molecule has 1 aromatic carbocycles. The zero-order chi connectivity index (χ0) is 18.4. The lowest BCUT2D eigenvalue weighted by Crippen LogP contribution is -2.17. The zero-order valence-electron chi connectivity index (χ0n) is 14.2. The number of methoxy groups -OCH3 is 1. The van der Waals surface area contributed by atoms with Crippen LogP contribution in [0.1, 0.15) is 6.42 Å². The van der Waals surface area contributed by atoms with E-state index in [1.165, 1.54) is 11.8 Å². The van der Waals surface area contributed by atoms with Crippen LogP contribution in [0, 0.1) is 0 Å². The largest absolute Gasteiger partial charge is 0.486 e. The molecular weight excluding hydrogens is 380 g/mol. The van der Waals surface area contributed by atoms with Crippen LogP contribution in [0.2, 0.25) is 5.02 Å². The molecule has 0 bridgehead atoms. The minimum Gasteiger partial charge on any atom is -0.486 e. The van der Waals surface area contributed by atoms with Gasteiger partial charge in [0, 0.05) is 32.4 Å². The van der Waals surface area contributed by atoms with E-state index in [0.29, 0.717) is 47.2 Å². The van der Waals surface area contributed by atoms with Crippen molar-refractivity contribution in [3.63, 3.8) is 0 Å². The van der Waals surface area contributed by atoms with Gasteiger partial charge in [-0.15, -0.1) is 10.2 Å². The van der Waals surface area contributed by atoms with E-state index < -0.39 is 0 Å². The molecule has 0 saturated heterocycles. The van der Waals surface area contributed by atoms with Crippen LogP contribution in [0.4, 0.5) is 5.69 Å². The highest BCUT2D eigenvalue weighted by atomic mass is 35.5. The van der Waals surface area contributed by atoms with E-state index in [1.54, 1.807) is 25.6 Å². The van der Waals surface area contributed by atoms with Crippen LogP contribution >= 0.6 is 23.4 Å². The fourth-order valence-electron chi connectivity index (χ4n) is 2.36. The molecule has 1 aromatic heterocycles. The maximum atomic E-state index is 12.3. The van der Waals surface area contributed by atoms with Gasteiger partial charge in [0.1, 0.15) is 19.5 Å². The summed E-state index contributed by atoms with van der Waals surface area (Å²) < 4.78 is 17.9. The summed E-state index contributed by atoms with van der Waals surface area (Å²) in [4.78, 5) is 12.3. The van der Waals surface area contributed by atoms with Crippen LogP contribution in [-0.2, 0) is 16.1 Å². The van der Waals surface area contributed by atoms with Crippen LogP contribution in [0.3, 0.4) is 0 Å². The number of benzene rings is 1. The van der Waals surface area contributed by atoms with E-state index >= 15 is 0 Å². The number of anilines is 1. The number of fused-ring (bicyclic) bond motifs is 1. The Morgan fingerprint density at radius 3 is 2.92 bits per heavy atom. The molecule has 2 heterocycles. The third kappa shape index (κ3) is 4.80. The molecule has 1 amide bonds. The molecule has 0 aliphatic carbocycles. The number of nitrogens with one attached hydrogen (secondary N) is 1. The predicted molar refractivity (Wildman–Crippen MR) is 98.3 cm³/mol. The first-order valence-electron chi connectivity index (χ1n) is 8.06. The summed E-state index contributed by atoms with van der Waals surface area (Å²) in [6.45, 7) is 2.34. The van der Waals surface area contributed by atoms with E-state index in [4.69, 9.17) is 25.8 Å². The van der Waals surface area contributed by atoms with E-state index in [9.17, 15) is 4.79 Å². The van der Waals surface area contributed by atoms with Crippen molar-refractivity contribution in [1.82, 2.24) is 14.8 Å². The summed E-state index contributed by atoms with van der Waals surface area (Å²) >= 11 is 7.52. The first-order chi connectivity index (χ1) is 12.7. The summed E-state index contributed by atoms with van der Waals surface area (Å²) in [5, 5.41) is 11.8. The van der Waals surface area contributed by atoms with Crippen LogP contribution in [0.15, 0.2) is 23.6 Å². The molecule has 8 nitrogen and oxygen atoms in total. The third-order valence-corrected chi connectivity index (χ3v) is 4.86. The number of aryl methyl sites for hydroxylation is 1. The Bertz CT molecular complexity index is 771. The molecule has 0 unspecified atom stereocenters. The van der Waals surface area contributed by atoms with E-state index in [0.717, 1.165) is 13.0 Å². The van der Waals surface area contributed by atoms with Crippen molar-refractivity contribution in [3.8, 4) is 11.5 Å². The van der Waals surface area contributed by atoms with Crippen LogP contribution in [0.5, 0.6) is 11.5 Å². The summed E-state index contributed by atoms with van der Waals surface area (Å²) in [5.41, 5.74) is 0.489. The van der Waals surface area contributed by atoms with Gasteiger partial charge in [0.05, 0.1) is 16.5 Å². The number of amides is 1. The Balaban J connectivity index is 1.56. The van der Waals surface area contributed by atoms with Gasteiger partial charge >= 0.3 is 0 Å². The minimum absolute atomic E-state index is 0.188. The number of hydrogen-bond donors (Lipinski definition) is 1. The SMILES string of the molecule is COCCCn1cnnc1SCC(=O)Nc1cc2c(cc1Cl)OCCO2. The Morgan fingerprint density at radius 1 is 1.38 bits per heavy atom. The van der Waals surface area contributed by atoms with E-state index in [1.807, 2.05) is 4.57 Å². The number of rotatable bonds is 8. The van der Waals surface area contributed by atoms with Crippen molar-refractivity contribution in [1.29, 1.82) is 0 Å². The molecule has 1 aliphatic rings. The van der Waals surface area contributed by atoms with Gasteiger partial charge < -0.3 is 24.1 Å². The van der Waals surface area contributed by atoms with Crippen molar-refractivity contribution >= 4 is 35.0 Å². The molecule has 26 heavy (non-hydrogen) atoms. The topological polar surface area (TPSA) is 87.5 Å². The van der Waals surface area contributed by atoms with Gasteiger partial charge in [-0.3, -0.25) is 4.79 Å². The molecule has 2 aromatic rings. The van der Waals surface area contributed by atoms with Crippen molar-refractivity contribution in [2.75, 3.05) is 38.0 Å². The summed E-state index contributed by atoms with van der Waals surface area (Å²) in [6.07, 6.45) is 2.49. The van der Waals surface area contributed by atoms with Gasteiger partial charge in [0.2, 0.25) is 5.91 Å². The fourth-order valence-corrected chi connectivity index (χ4v) is 3.31. The molecule has 140 valence electrons. The summed E-state index contributed by atoms with van der Waals surface area (Å²) in [5.74, 6) is 1.15. The van der Waals surface area contributed by atoms with E-state index in [2.05, 4.69) is 15.5 Å². The van der Waals surface area contributed by atoms with Gasteiger partial charge in [0.15, 0.2) is 16.7 Å². The molecule has 3 rings (SSSR count). The quantitative estimate of drug-likeness (QED) is 0.539. The number of carbonyl (C=O) groups excluding carboxylic acids is 1.